The Labute approximate surface area is 145 Å². The second kappa shape index (κ2) is 9.52. The van der Waals surface area contributed by atoms with E-state index in [1.807, 2.05) is 36.9 Å². The zero-order chi connectivity index (χ0) is 17.4. The molecule has 1 aliphatic heterocycles. The molecule has 134 valence electrons. The van der Waals surface area contributed by atoms with E-state index in [9.17, 15) is 4.79 Å². The predicted molar refractivity (Wildman–Crippen MR) is 95.6 cm³/mol. The van der Waals surface area contributed by atoms with Gasteiger partial charge in [0.15, 0.2) is 0 Å². The van der Waals surface area contributed by atoms with Crippen molar-refractivity contribution in [2.24, 2.45) is 5.92 Å². The lowest BCUT2D eigenvalue weighted by atomic mass is 10.1. The Morgan fingerprint density at radius 1 is 1.29 bits per heavy atom. The summed E-state index contributed by atoms with van der Waals surface area (Å²) in [6.45, 7) is 10.3. The van der Waals surface area contributed by atoms with Crippen molar-refractivity contribution in [2.45, 2.75) is 33.6 Å². The topological polar surface area (TPSA) is 50.8 Å². The van der Waals surface area contributed by atoms with Crippen LogP contribution in [0.2, 0.25) is 0 Å². The second-order valence-electron chi connectivity index (χ2n) is 6.48. The fourth-order valence-electron chi connectivity index (χ4n) is 3.00. The van der Waals surface area contributed by atoms with Crippen molar-refractivity contribution in [1.82, 2.24) is 10.2 Å². The number of hydrogen-bond donors (Lipinski definition) is 1. The third-order valence-corrected chi connectivity index (χ3v) is 4.31. The van der Waals surface area contributed by atoms with Crippen LogP contribution >= 0.6 is 0 Å². The number of hydrogen-bond acceptors (Lipinski definition) is 3. The van der Waals surface area contributed by atoms with Crippen molar-refractivity contribution in [3.05, 3.63) is 29.3 Å². The van der Waals surface area contributed by atoms with Crippen LogP contribution in [0.25, 0.3) is 0 Å². The quantitative estimate of drug-likeness (QED) is 0.743. The van der Waals surface area contributed by atoms with Gasteiger partial charge in [0.05, 0.1) is 13.2 Å². The maximum absolute atomic E-state index is 12.2. The van der Waals surface area contributed by atoms with E-state index in [0.717, 1.165) is 56.0 Å². The largest absolute Gasteiger partial charge is 0.491 e. The summed E-state index contributed by atoms with van der Waals surface area (Å²) in [7, 11) is 0. The van der Waals surface area contributed by atoms with Crippen LogP contribution in [0, 0.1) is 19.8 Å². The summed E-state index contributed by atoms with van der Waals surface area (Å²) in [5, 5.41) is 2.94. The van der Waals surface area contributed by atoms with E-state index in [1.165, 1.54) is 0 Å². The first kappa shape index (κ1) is 18.6. The predicted octanol–water partition coefficient (Wildman–Crippen LogP) is 3.14. The van der Waals surface area contributed by atoms with Gasteiger partial charge in [0, 0.05) is 25.6 Å². The Morgan fingerprint density at radius 3 is 2.75 bits per heavy atom. The number of urea groups is 1. The smallest absolute Gasteiger partial charge is 0.317 e. The highest BCUT2D eigenvalue weighted by Gasteiger charge is 2.25. The molecule has 1 saturated heterocycles. The number of aryl methyl sites for hydroxylation is 2. The number of amides is 2. The monoisotopic (exact) mass is 334 g/mol. The summed E-state index contributed by atoms with van der Waals surface area (Å²) < 4.78 is 11.4. The molecule has 0 aromatic heterocycles. The minimum absolute atomic E-state index is 0.00176. The maximum Gasteiger partial charge on any atom is 0.317 e. The lowest BCUT2D eigenvalue weighted by Gasteiger charge is -2.18. The molecule has 0 radical (unpaired) electrons. The molecule has 2 rings (SSSR count). The standard InChI is InChI=1S/C19H30N2O3/c1-4-11-23-14-17-8-10-21(13-17)19(22)20-9-12-24-18-15(2)6-5-7-16(18)3/h5-7,17H,4,8-14H2,1-3H3,(H,20,22)/t17-/m1/s1. The van der Waals surface area contributed by atoms with E-state index in [4.69, 9.17) is 9.47 Å². The minimum atomic E-state index is -0.00176. The number of nitrogens with one attached hydrogen (secondary N) is 1. The van der Waals surface area contributed by atoms with Gasteiger partial charge in [0.2, 0.25) is 0 Å². The van der Waals surface area contributed by atoms with E-state index in [2.05, 4.69) is 12.2 Å². The fourth-order valence-corrected chi connectivity index (χ4v) is 3.00. The summed E-state index contributed by atoms with van der Waals surface area (Å²) >= 11 is 0. The number of likely N-dealkylation sites (tertiary alicyclic amines) is 1. The molecule has 5 nitrogen and oxygen atoms in total. The summed E-state index contributed by atoms with van der Waals surface area (Å²) in [6.07, 6.45) is 2.06. The van der Waals surface area contributed by atoms with Crippen LogP contribution in [0.1, 0.15) is 30.9 Å². The molecule has 0 saturated carbocycles. The maximum atomic E-state index is 12.2. The lowest BCUT2D eigenvalue weighted by molar-refractivity contribution is 0.102. The molecule has 1 aromatic carbocycles. The SMILES string of the molecule is CCCOC[C@@H]1CCN(C(=O)NCCOc2c(C)cccc2C)C1. The molecule has 0 spiro atoms. The molecule has 1 atom stereocenters. The van der Waals surface area contributed by atoms with Crippen LogP contribution in [0.5, 0.6) is 5.75 Å². The van der Waals surface area contributed by atoms with Gasteiger partial charge in [-0.15, -0.1) is 0 Å². The van der Waals surface area contributed by atoms with Gasteiger partial charge < -0.3 is 19.7 Å². The van der Waals surface area contributed by atoms with Gasteiger partial charge in [0.1, 0.15) is 12.4 Å². The van der Waals surface area contributed by atoms with Crippen molar-refractivity contribution in [2.75, 3.05) is 39.5 Å². The number of carbonyl (C=O) groups is 1. The van der Waals surface area contributed by atoms with Gasteiger partial charge in [-0.2, -0.15) is 0 Å². The molecule has 2 amide bonds. The lowest BCUT2D eigenvalue weighted by Crippen LogP contribution is -2.40. The molecular formula is C19H30N2O3. The number of rotatable bonds is 8. The first-order valence-electron chi connectivity index (χ1n) is 8.91. The van der Waals surface area contributed by atoms with Crippen molar-refractivity contribution < 1.29 is 14.3 Å². The van der Waals surface area contributed by atoms with Crippen LogP contribution in [0.4, 0.5) is 4.79 Å². The van der Waals surface area contributed by atoms with Gasteiger partial charge in [-0.1, -0.05) is 25.1 Å². The molecule has 1 N–H and O–H groups in total. The average molecular weight is 334 g/mol. The molecule has 0 bridgehead atoms. The van der Waals surface area contributed by atoms with Gasteiger partial charge in [-0.25, -0.2) is 4.79 Å². The summed E-state index contributed by atoms with van der Waals surface area (Å²) in [5.74, 6) is 1.38. The average Bonchev–Trinajstić information content (AvgIpc) is 3.03. The Bertz CT molecular complexity index is 513. The summed E-state index contributed by atoms with van der Waals surface area (Å²) in [5.41, 5.74) is 2.24. The van der Waals surface area contributed by atoms with Gasteiger partial charge >= 0.3 is 6.03 Å². The van der Waals surface area contributed by atoms with E-state index in [1.54, 1.807) is 0 Å². The Balaban J connectivity index is 1.65. The molecule has 0 aliphatic carbocycles. The molecular weight excluding hydrogens is 304 g/mol. The molecule has 1 aliphatic rings. The van der Waals surface area contributed by atoms with Crippen LogP contribution in [0.15, 0.2) is 18.2 Å². The van der Waals surface area contributed by atoms with Crippen molar-refractivity contribution >= 4 is 6.03 Å². The first-order valence-corrected chi connectivity index (χ1v) is 8.91. The van der Waals surface area contributed by atoms with E-state index < -0.39 is 0 Å². The highest BCUT2D eigenvalue weighted by molar-refractivity contribution is 5.74. The van der Waals surface area contributed by atoms with Crippen LogP contribution < -0.4 is 10.1 Å². The number of carbonyl (C=O) groups excluding carboxylic acids is 1. The van der Waals surface area contributed by atoms with Crippen molar-refractivity contribution in [3.8, 4) is 5.75 Å². The molecule has 0 unspecified atom stereocenters. The number of nitrogens with zero attached hydrogens (tertiary/aromatic N) is 1. The van der Waals surface area contributed by atoms with Crippen LogP contribution in [-0.2, 0) is 4.74 Å². The second-order valence-corrected chi connectivity index (χ2v) is 6.48. The fraction of sp³-hybridized carbons (Fsp3) is 0.632. The van der Waals surface area contributed by atoms with E-state index in [0.29, 0.717) is 19.1 Å². The molecule has 24 heavy (non-hydrogen) atoms. The van der Waals surface area contributed by atoms with E-state index >= 15 is 0 Å². The molecule has 5 heteroatoms. The van der Waals surface area contributed by atoms with Gasteiger partial charge in [-0.05, 0) is 37.8 Å². The third-order valence-electron chi connectivity index (χ3n) is 4.31. The Hall–Kier alpha value is -1.75. The van der Waals surface area contributed by atoms with Crippen molar-refractivity contribution in [3.63, 3.8) is 0 Å². The Kier molecular flexibility index (Phi) is 7.37. The molecule has 1 aromatic rings. The summed E-state index contributed by atoms with van der Waals surface area (Å²) in [4.78, 5) is 14.1. The Morgan fingerprint density at radius 2 is 2.04 bits per heavy atom. The number of ether oxygens (including phenoxy) is 2. The zero-order valence-corrected chi connectivity index (χ0v) is 15.1. The number of para-hydroxylation sites is 1. The first-order chi connectivity index (χ1) is 11.6. The van der Waals surface area contributed by atoms with Gasteiger partial charge in [-0.3, -0.25) is 0 Å². The summed E-state index contributed by atoms with van der Waals surface area (Å²) in [6, 6.07) is 6.09. The molecule has 1 heterocycles. The highest BCUT2D eigenvalue weighted by atomic mass is 16.5. The highest BCUT2D eigenvalue weighted by Crippen LogP contribution is 2.22. The van der Waals surface area contributed by atoms with Crippen LogP contribution in [0.3, 0.4) is 0 Å². The van der Waals surface area contributed by atoms with Crippen molar-refractivity contribution in [1.29, 1.82) is 0 Å². The minimum Gasteiger partial charge on any atom is -0.491 e. The molecule has 1 fully saturated rings. The number of benzene rings is 1. The van der Waals surface area contributed by atoms with Gasteiger partial charge in [0.25, 0.3) is 0 Å². The van der Waals surface area contributed by atoms with E-state index in [-0.39, 0.29) is 6.03 Å². The van der Waals surface area contributed by atoms with Crippen LogP contribution in [-0.4, -0.2) is 50.4 Å². The normalized spacial score (nSPS) is 17.1. The third kappa shape index (κ3) is 5.41. The zero-order valence-electron chi connectivity index (χ0n) is 15.1.